The number of halogens is 1. The monoisotopic (exact) mass is 499 g/mol. The second-order valence-electron chi connectivity index (χ2n) is 8.56. The van der Waals surface area contributed by atoms with Gasteiger partial charge < -0.3 is 24.7 Å². The quantitative estimate of drug-likeness (QED) is 0.352. The van der Waals surface area contributed by atoms with Crippen molar-refractivity contribution >= 4 is 23.3 Å². The third-order valence-corrected chi connectivity index (χ3v) is 5.93. The lowest BCUT2D eigenvalue weighted by atomic mass is 9.93. The highest BCUT2D eigenvalue weighted by atomic mass is 35.5. The molecule has 0 bridgehead atoms. The van der Waals surface area contributed by atoms with Gasteiger partial charge in [0.05, 0.1) is 18.6 Å². The Labute approximate surface area is 209 Å². The molecule has 3 rings (SSSR count). The van der Waals surface area contributed by atoms with Gasteiger partial charge in [0.1, 0.15) is 18.8 Å². The van der Waals surface area contributed by atoms with Crippen LogP contribution in [-0.4, -0.2) is 53.9 Å². The molecular weight excluding hydrogens is 470 g/mol. The van der Waals surface area contributed by atoms with Crippen molar-refractivity contribution in [1.82, 2.24) is 5.32 Å². The molecule has 0 radical (unpaired) electrons. The van der Waals surface area contributed by atoms with Crippen LogP contribution in [0.3, 0.4) is 0 Å². The Kier molecular flexibility index (Phi) is 9.63. The number of benzene rings is 2. The highest BCUT2D eigenvalue weighted by molar-refractivity contribution is 6.31. The Morgan fingerprint density at radius 3 is 2.43 bits per heavy atom. The fraction of sp³-hybridized carbons (Fsp3) is 0.333. The number of furan rings is 1. The minimum atomic E-state index is -1.65. The van der Waals surface area contributed by atoms with Gasteiger partial charge in [-0.15, -0.1) is 0 Å². The first-order valence-electron chi connectivity index (χ1n) is 11.3. The molecule has 3 atom stereocenters. The highest BCUT2D eigenvalue weighted by Gasteiger charge is 2.32. The number of carbonyl (C=O) groups is 2. The number of aliphatic hydroxyl groups excluding tert-OH is 2. The van der Waals surface area contributed by atoms with Crippen LogP contribution in [0.25, 0.3) is 11.1 Å². The lowest BCUT2D eigenvalue weighted by Crippen LogP contribution is -2.52. The van der Waals surface area contributed by atoms with Gasteiger partial charge in [-0.2, -0.15) is 0 Å². The maximum absolute atomic E-state index is 12.5. The molecule has 1 amide bonds. The van der Waals surface area contributed by atoms with Crippen molar-refractivity contribution in [1.29, 1.82) is 0 Å². The van der Waals surface area contributed by atoms with Crippen LogP contribution < -0.4 is 5.32 Å². The van der Waals surface area contributed by atoms with Gasteiger partial charge in [-0.3, -0.25) is 9.59 Å². The minimum absolute atomic E-state index is 0.0320. The summed E-state index contributed by atoms with van der Waals surface area (Å²) in [7, 11) is 1.38. The molecule has 0 aliphatic heterocycles. The maximum Gasteiger partial charge on any atom is 0.246 e. The van der Waals surface area contributed by atoms with Gasteiger partial charge in [0.15, 0.2) is 5.78 Å². The molecule has 0 aliphatic rings. The van der Waals surface area contributed by atoms with Gasteiger partial charge in [-0.05, 0) is 65.8 Å². The Balaban J connectivity index is 1.72. The van der Waals surface area contributed by atoms with Gasteiger partial charge in [0, 0.05) is 18.6 Å². The molecule has 35 heavy (non-hydrogen) atoms. The molecule has 1 aromatic heterocycles. The number of hydrogen-bond acceptors (Lipinski definition) is 6. The normalized spacial score (nSPS) is 13.7. The molecule has 1 heterocycles. The van der Waals surface area contributed by atoms with Crippen molar-refractivity contribution in [2.75, 3.05) is 13.7 Å². The van der Waals surface area contributed by atoms with E-state index in [-0.39, 0.29) is 19.4 Å². The first kappa shape index (κ1) is 26.6. The molecule has 8 heteroatoms. The third-order valence-electron chi connectivity index (χ3n) is 5.71. The van der Waals surface area contributed by atoms with E-state index in [2.05, 4.69) is 5.32 Å². The van der Waals surface area contributed by atoms with Crippen molar-refractivity contribution < 1.29 is 29.0 Å². The summed E-state index contributed by atoms with van der Waals surface area (Å²) in [6.45, 7) is 1.76. The SMILES string of the molecule is COCC(=O)N[C@@H](Cc1ccc(-c2cc(C)cc(Cl)c2)cc1)[C@H](O)[C@@H](O)C(=O)CCc1ccoc1. The lowest BCUT2D eigenvalue weighted by Gasteiger charge is -2.27. The summed E-state index contributed by atoms with van der Waals surface area (Å²) in [5.74, 6) is -0.975. The van der Waals surface area contributed by atoms with E-state index in [0.29, 0.717) is 11.4 Å². The predicted octanol–water partition coefficient (Wildman–Crippen LogP) is 3.51. The Morgan fingerprint density at radius 1 is 1.06 bits per heavy atom. The zero-order chi connectivity index (χ0) is 25.4. The number of carbonyl (C=O) groups excluding carboxylic acids is 2. The Morgan fingerprint density at radius 2 is 1.80 bits per heavy atom. The van der Waals surface area contributed by atoms with Crippen LogP contribution in [0.2, 0.25) is 5.02 Å². The summed E-state index contributed by atoms with van der Waals surface area (Å²) in [5, 5.41) is 24.7. The maximum atomic E-state index is 12.5. The van der Waals surface area contributed by atoms with Crippen LogP contribution >= 0.6 is 11.6 Å². The van der Waals surface area contributed by atoms with E-state index >= 15 is 0 Å². The van der Waals surface area contributed by atoms with Crippen LogP contribution in [0.5, 0.6) is 0 Å². The number of aryl methyl sites for hydroxylation is 2. The molecule has 3 aromatic rings. The Bertz CT molecular complexity index is 1090. The summed E-state index contributed by atoms with van der Waals surface area (Å²) < 4.78 is 9.85. The summed E-state index contributed by atoms with van der Waals surface area (Å²) in [5.41, 5.74) is 4.62. The van der Waals surface area contributed by atoms with Crippen LogP contribution in [0.1, 0.15) is 23.1 Å². The number of ketones is 1. The van der Waals surface area contributed by atoms with E-state index in [1.165, 1.54) is 19.6 Å². The van der Waals surface area contributed by atoms with Gasteiger partial charge in [0.2, 0.25) is 5.91 Å². The van der Waals surface area contributed by atoms with E-state index in [9.17, 15) is 19.8 Å². The zero-order valence-corrected chi connectivity index (χ0v) is 20.5. The van der Waals surface area contributed by atoms with E-state index in [4.69, 9.17) is 20.8 Å². The number of amides is 1. The van der Waals surface area contributed by atoms with E-state index in [1.54, 1.807) is 6.07 Å². The molecule has 7 nitrogen and oxygen atoms in total. The van der Waals surface area contributed by atoms with Gasteiger partial charge in [-0.25, -0.2) is 0 Å². The van der Waals surface area contributed by atoms with Crippen LogP contribution in [0, 0.1) is 6.92 Å². The van der Waals surface area contributed by atoms with Gasteiger partial charge in [0.25, 0.3) is 0 Å². The number of nitrogens with one attached hydrogen (secondary N) is 1. The summed E-state index contributed by atoms with van der Waals surface area (Å²) in [6.07, 6.45) is 0.501. The zero-order valence-electron chi connectivity index (χ0n) is 19.7. The van der Waals surface area contributed by atoms with E-state index < -0.39 is 29.9 Å². The van der Waals surface area contributed by atoms with Crippen LogP contribution in [0.15, 0.2) is 65.5 Å². The standard InChI is InChI=1S/C27H30ClNO6/c1-17-11-21(14-22(28)12-17)20-6-3-18(4-7-20)13-23(29-25(31)16-34-2)26(32)27(33)24(30)8-5-19-9-10-35-15-19/h3-4,6-7,9-12,14-15,23,26-27,32-33H,5,8,13,16H2,1-2H3,(H,29,31)/t23-,26-,27-/m0/s1. The first-order valence-corrected chi connectivity index (χ1v) is 11.7. The van der Waals surface area contributed by atoms with Crippen molar-refractivity contribution in [2.24, 2.45) is 0 Å². The van der Waals surface area contributed by atoms with Crippen molar-refractivity contribution in [2.45, 2.75) is 44.4 Å². The average Bonchev–Trinajstić information content (AvgIpc) is 3.35. The minimum Gasteiger partial charge on any atom is -0.472 e. The van der Waals surface area contributed by atoms with E-state index in [1.807, 2.05) is 49.4 Å². The summed E-state index contributed by atoms with van der Waals surface area (Å²) >= 11 is 6.18. The summed E-state index contributed by atoms with van der Waals surface area (Å²) in [4.78, 5) is 24.7. The number of aliphatic hydroxyl groups is 2. The Hall–Kier alpha value is -2.97. The number of methoxy groups -OCH3 is 1. The number of rotatable bonds is 12. The largest absolute Gasteiger partial charge is 0.472 e. The van der Waals surface area contributed by atoms with Crippen molar-refractivity contribution in [3.8, 4) is 11.1 Å². The fourth-order valence-corrected chi connectivity index (χ4v) is 4.18. The van der Waals surface area contributed by atoms with Crippen LogP contribution in [-0.2, 0) is 27.2 Å². The lowest BCUT2D eigenvalue weighted by molar-refractivity contribution is -0.136. The summed E-state index contributed by atoms with van der Waals surface area (Å²) in [6, 6.07) is 14.2. The van der Waals surface area contributed by atoms with Crippen molar-refractivity contribution in [3.05, 3.63) is 82.8 Å². The first-order chi connectivity index (χ1) is 16.8. The molecule has 2 aromatic carbocycles. The topological polar surface area (TPSA) is 109 Å². The number of hydrogen-bond donors (Lipinski definition) is 3. The molecule has 0 saturated heterocycles. The predicted molar refractivity (Wildman–Crippen MR) is 133 cm³/mol. The van der Waals surface area contributed by atoms with E-state index in [0.717, 1.165) is 27.8 Å². The van der Waals surface area contributed by atoms with Crippen molar-refractivity contribution in [3.63, 3.8) is 0 Å². The van der Waals surface area contributed by atoms with Crippen LogP contribution in [0.4, 0.5) is 0 Å². The molecule has 0 aliphatic carbocycles. The molecule has 0 saturated carbocycles. The molecule has 0 unspecified atom stereocenters. The number of Topliss-reactive ketones (excluding diaryl/α,β-unsaturated/α-hetero) is 1. The smallest absolute Gasteiger partial charge is 0.246 e. The number of ether oxygens (including phenoxy) is 1. The van der Waals surface area contributed by atoms with Gasteiger partial charge in [-0.1, -0.05) is 41.9 Å². The second kappa shape index (κ2) is 12.7. The molecule has 0 spiro atoms. The molecule has 186 valence electrons. The average molecular weight is 500 g/mol. The molecular formula is C27H30ClNO6. The second-order valence-corrected chi connectivity index (χ2v) is 9.00. The highest BCUT2D eigenvalue weighted by Crippen LogP contribution is 2.25. The molecule has 3 N–H and O–H groups in total. The van der Waals surface area contributed by atoms with Gasteiger partial charge >= 0.3 is 0 Å². The third kappa shape index (κ3) is 7.77. The fourth-order valence-electron chi connectivity index (χ4n) is 3.89. The molecule has 0 fully saturated rings.